The van der Waals surface area contributed by atoms with Crippen LogP contribution in [0.5, 0.6) is 0 Å². The maximum absolute atomic E-state index is 6.03. The molecule has 1 N–H and O–H groups in total. The van der Waals surface area contributed by atoms with Crippen LogP contribution in [-0.2, 0) is 6.42 Å². The van der Waals surface area contributed by atoms with E-state index in [1.807, 2.05) is 31.3 Å². The number of fused-ring (bicyclic) bond motifs is 1. The molecule has 0 bridgehead atoms. The van der Waals surface area contributed by atoms with Crippen LogP contribution in [0.2, 0.25) is 5.02 Å². The highest BCUT2D eigenvalue weighted by molar-refractivity contribution is 6.30. The number of nitrogens with zero attached hydrogens (tertiary/aromatic N) is 1. The number of nitrogens with one attached hydrogen (secondary N) is 1. The van der Waals surface area contributed by atoms with Crippen molar-refractivity contribution in [1.29, 1.82) is 0 Å². The van der Waals surface area contributed by atoms with Crippen LogP contribution >= 0.6 is 11.6 Å². The SMILES string of the molecule is C=C(CN1CCc2ccc(Cl)cc21)N/C=C\C. The van der Waals surface area contributed by atoms with E-state index in [4.69, 9.17) is 11.6 Å². The molecule has 1 aromatic rings. The van der Waals surface area contributed by atoms with Crippen molar-refractivity contribution in [1.82, 2.24) is 5.32 Å². The van der Waals surface area contributed by atoms with Crippen LogP contribution in [0, 0.1) is 0 Å². The van der Waals surface area contributed by atoms with Gasteiger partial charge in [-0.25, -0.2) is 0 Å². The topological polar surface area (TPSA) is 15.3 Å². The second kappa shape index (κ2) is 5.28. The summed E-state index contributed by atoms with van der Waals surface area (Å²) < 4.78 is 0. The van der Waals surface area contributed by atoms with Gasteiger partial charge in [-0.15, -0.1) is 0 Å². The molecule has 0 saturated heterocycles. The normalized spacial score (nSPS) is 14.1. The van der Waals surface area contributed by atoms with Crippen molar-refractivity contribution >= 4 is 17.3 Å². The van der Waals surface area contributed by atoms with E-state index < -0.39 is 0 Å². The molecule has 0 aromatic heterocycles. The molecule has 1 heterocycles. The second-order valence-corrected chi connectivity index (χ2v) is 4.63. The first-order valence-corrected chi connectivity index (χ1v) is 6.17. The highest BCUT2D eigenvalue weighted by Crippen LogP contribution is 2.30. The van der Waals surface area contributed by atoms with Gasteiger partial charge in [0, 0.05) is 23.0 Å². The molecular formula is C14H17ClN2. The zero-order valence-electron chi connectivity index (χ0n) is 10.0. The summed E-state index contributed by atoms with van der Waals surface area (Å²) in [5.41, 5.74) is 3.60. The number of halogens is 1. The summed E-state index contributed by atoms with van der Waals surface area (Å²) in [6, 6.07) is 6.10. The summed E-state index contributed by atoms with van der Waals surface area (Å²) in [5.74, 6) is 0. The van der Waals surface area contributed by atoms with Crippen LogP contribution in [-0.4, -0.2) is 13.1 Å². The lowest BCUT2D eigenvalue weighted by Crippen LogP contribution is -2.26. The van der Waals surface area contributed by atoms with Gasteiger partial charge in [0.2, 0.25) is 0 Å². The Morgan fingerprint density at radius 2 is 2.41 bits per heavy atom. The minimum absolute atomic E-state index is 0.794. The molecule has 0 unspecified atom stereocenters. The molecule has 0 amide bonds. The minimum atomic E-state index is 0.794. The van der Waals surface area contributed by atoms with E-state index in [0.29, 0.717) is 0 Å². The number of anilines is 1. The first-order valence-electron chi connectivity index (χ1n) is 5.79. The van der Waals surface area contributed by atoms with Crippen molar-refractivity contribution in [3.63, 3.8) is 0 Å². The van der Waals surface area contributed by atoms with Gasteiger partial charge in [-0.05, 0) is 37.2 Å². The molecule has 17 heavy (non-hydrogen) atoms. The molecule has 0 aliphatic carbocycles. The van der Waals surface area contributed by atoms with Crippen LogP contribution in [0.4, 0.5) is 5.69 Å². The number of hydrogen-bond acceptors (Lipinski definition) is 2. The summed E-state index contributed by atoms with van der Waals surface area (Å²) in [6.07, 6.45) is 4.95. The summed E-state index contributed by atoms with van der Waals surface area (Å²) in [4.78, 5) is 2.31. The number of rotatable bonds is 4. The Kier molecular flexibility index (Phi) is 3.75. The largest absolute Gasteiger partial charge is 0.365 e. The van der Waals surface area contributed by atoms with Gasteiger partial charge in [0.1, 0.15) is 0 Å². The monoisotopic (exact) mass is 248 g/mol. The van der Waals surface area contributed by atoms with E-state index >= 15 is 0 Å². The third kappa shape index (κ3) is 2.83. The number of allylic oxidation sites excluding steroid dienone is 1. The van der Waals surface area contributed by atoms with Gasteiger partial charge < -0.3 is 10.2 Å². The van der Waals surface area contributed by atoms with Crippen molar-refractivity contribution < 1.29 is 0 Å². The highest BCUT2D eigenvalue weighted by atomic mass is 35.5. The zero-order chi connectivity index (χ0) is 12.3. The smallest absolute Gasteiger partial charge is 0.0574 e. The molecule has 0 radical (unpaired) electrons. The van der Waals surface area contributed by atoms with Crippen LogP contribution < -0.4 is 10.2 Å². The van der Waals surface area contributed by atoms with E-state index in [9.17, 15) is 0 Å². The average Bonchev–Trinajstić information content (AvgIpc) is 2.69. The minimum Gasteiger partial charge on any atom is -0.365 e. The fourth-order valence-electron chi connectivity index (χ4n) is 2.06. The van der Waals surface area contributed by atoms with E-state index in [2.05, 4.69) is 22.9 Å². The van der Waals surface area contributed by atoms with E-state index in [1.54, 1.807) is 0 Å². The summed E-state index contributed by atoms with van der Waals surface area (Å²) in [6.45, 7) is 7.84. The van der Waals surface area contributed by atoms with E-state index in [-0.39, 0.29) is 0 Å². The zero-order valence-corrected chi connectivity index (χ0v) is 10.8. The van der Waals surface area contributed by atoms with Crippen molar-refractivity contribution in [2.45, 2.75) is 13.3 Å². The van der Waals surface area contributed by atoms with Gasteiger partial charge >= 0.3 is 0 Å². The van der Waals surface area contributed by atoms with E-state index in [0.717, 1.165) is 30.2 Å². The third-order valence-corrected chi connectivity index (χ3v) is 3.11. The van der Waals surface area contributed by atoms with Gasteiger partial charge in [-0.3, -0.25) is 0 Å². The molecule has 0 atom stereocenters. The van der Waals surface area contributed by atoms with Crippen molar-refractivity contribution in [3.05, 3.63) is 53.3 Å². The molecule has 1 aliphatic rings. The second-order valence-electron chi connectivity index (χ2n) is 4.19. The molecule has 1 aromatic carbocycles. The first kappa shape index (κ1) is 12.1. The molecule has 1 aliphatic heterocycles. The summed E-state index contributed by atoms with van der Waals surface area (Å²) >= 11 is 6.03. The number of hydrogen-bond donors (Lipinski definition) is 1. The Morgan fingerprint density at radius 1 is 1.59 bits per heavy atom. The lowest BCUT2D eigenvalue weighted by Gasteiger charge is -2.20. The highest BCUT2D eigenvalue weighted by Gasteiger charge is 2.19. The van der Waals surface area contributed by atoms with Crippen LogP contribution in [0.15, 0.2) is 42.8 Å². The molecule has 0 fully saturated rings. The third-order valence-electron chi connectivity index (χ3n) is 2.87. The Morgan fingerprint density at radius 3 is 3.18 bits per heavy atom. The van der Waals surface area contributed by atoms with Gasteiger partial charge in [0.05, 0.1) is 6.54 Å². The standard InChI is InChI=1S/C14H17ClN2/c1-3-7-16-11(2)10-17-8-6-12-4-5-13(15)9-14(12)17/h3-5,7,9,16H,2,6,8,10H2,1H3/b7-3-. The predicted octanol–water partition coefficient (Wildman–Crippen LogP) is 3.34. The number of benzene rings is 1. The maximum atomic E-state index is 6.03. The Bertz CT molecular complexity index is 452. The molecular weight excluding hydrogens is 232 g/mol. The van der Waals surface area contributed by atoms with Crippen LogP contribution in [0.25, 0.3) is 0 Å². The van der Waals surface area contributed by atoms with Crippen LogP contribution in [0.1, 0.15) is 12.5 Å². The lowest BCUT2D eigenvalue weighted by molar-refractivity contribution is 0.844. The van der Waals surface area contributed by atoms with Crippen LogP contribution in [0.3, 0.4) is 0 Å². The fraction of sp³-hybridized carbons (Fsp3) is 0.286. The van der Waals surface area contributed by atoms with Crippen molar-refractivity contribution in [2.24, 2.45) is 0 Å². The summed E-state index contributed by atoms with van der Waals surface area (Å²) in [5, 5.41) is 3.95. The van der Waals surface area contributed by atoms with E-state index in [1.165, 1.54) is 11.3 Å². The maximum Gasteiger partial charge on any atom is 0.0574 e. The quantitative estimate of drug-likeness (QED) is 0.879. The predicted molar refractivity (Wildman–Crippen MR) is 74.5 cm³/mol. The Hall–Kier alpha value is -1.41. The molecule has 2 nitrogen and oxygen atoms in total. The van der Waals surface area contributed by atoms with Crippen molar-refractivity contribution in [2.75, 3.05) is 18.0 Å². The Labute approximate surface area is 108 Å². The van der Waals surface area contributed by atoms with Gasteiger partial charge in [0.15, 0.2) is 0 Å². The molecule has 0 saturated carbocycles. The van der Waals surface area contributed by atoms with Crippen molar-refractivity contribution in [3.8, 4) is 0 Å². The van der Waals surface area contributed by atoms with Gasteiger partial charge in [-0.1, -0.05) is 30.3 Å². The molecule has 90 valence electrons. The average molecular weight is 249 g/mol. The molecule has 2 rings (SSSR count). The van der Waals surface area contributed by atoms with Gasteiger partial charge in [0.25, 0.3) is 0 Å². The summed E-state index contributed by atoms with van der Waals surface area (Å²) in [7, 11) is 0. The molecule has 0 spiro atoms. The first-order chi connectivity index (χ1) is 8.20. The van der Waals surface area contributed by atoms with Gasteiger partial charge in [-0.2, -0.15) is 0 Å². The Balaban J connectivity index is 2.06. The fourth-order valence-corrected chi connectivity index (χ4v) is 2.23. The molecule has 3 heteroatoms. The lowest BCUT2D eigenvalue weighted by atomic mass is 10.2.